The molecule has 0 bridgehead atoms. The number of thioether (sulfide) groups is 1. The Kier molecular flexibility index (Phi) is 7.57. The first-order chi connectivity index (χ1) is 16.2. The molecule has 2 aromatic carbocycles. The molecule has 176 valence electrons. The second-order valence-electron chi connectivity index (χ2n) is 6.68. The van der Waals surface area contributed by atoms with Gasteiger partial charge in [-0.05, 0) is 42.5 Å². The third-order valence-electron chi connectivity index (χ3n) is 4.47. The molecular weight excluding hydrogens is 482 g/mol. The van der Waals surface area contributed by atoms with Gasteiger partial charge in [-0.2, -0.15) is 5.26 Å². The number of benzene rings is 2. The smallest absolute Gasteiger partial charge is 0.270 e. The number of nitrogens with one attached hydrogen (secondary N) is 2. The SMILES string of the molecule is COc1ccc(-c2nc(SCC(=O)Nc3ccc(S(N)(=O)=O)cc3)[nH]c(=O)c2C#N)cc1OC. The zero-order valence-corrected chi connectivity index (χ0v) is 19.6. The van der Waals surface area contributed by atoms with Crippen LogP contribution in [0.15, 0.2) is 57.3 Å². The van der Waals surface area contributed by atoms with Crippen LogP contribution < -0.4 is 25.5 Å². The standard InChI is InChI=1S/C21H19N5O6S2/c1-31-16-8-3-12(9-17(16)32-2)19-15(10-22)20(28)26-21(25-19)33-11-18(27)24-13-4-6-14(7-5-13)34(23,29)30/h3-9H,11H2,1-2H3,(H,24,27)(H2,23,29,30)(H,25,26,28). The van der Waals surface area contributed by atoms with Gasteiger partial charge in [-0.3, -0.25) is 9.59 Å². The number of hydrogen-bond acceptors (Lipinski definition) is 9. The molecule has 1 aromatic heterocycles. The van der Waals surface area contributed by atoms with Crippen LogP contribution in [0.25, 0.3) is 11.3 Å². The van der Waals surface area contributed by atoms with Crippen molar-refractivity contribution in [3.8, 4) is 28.8 Å². The van der Waals surface area contributed by atoms with Gasteiger partial charge in [0.05, 0.1) is 30.6 Å². The van der Waals surface area contributed by atoms with E-state index in [0.29, 0.717) is 22.7 Å². The van der Waals surface area contributed by atoms with E-state index in [1.165, 1.54) is 38.5 Å². The van der Waals surface area contributed by atoms with Gasteiger partial charge in [0, 0.05) is 11.3 Å². The highest BCUT2D eigenvalue weighted by molar-refractivity contribution is 7.99. The third-order valence-corrected chi connectivity index (χ3v) is 6.28. The van der Waals surface area contributed by atoms with E-state index >= 15 is 0 Å². The molecule has 0 fully saturated rings. The van der Waals surface area contributed by atoms with Crippen molar-refractivity contribution in [1.82, 2.24) is 9.97 Å². The number of anilines is 1. The summed E-state index contributed by atoms with van der Waals surface area (Å²) in [5.74, 6) is 0.330. The lowest BCUT2D eigenvalue weighted by Crippen LogP contribution is -2.17. The number of nitriles is 1. The number of sulfonamides is 1. The molecule has 0 saturated heterocycles. The van der Waals surface area contributed by atoms with Gasteiger partial charge in [-0.25, -0.2) is 18.5 Å². The van der Waals surface area contributed by atoms with Crippen molar-refractivity contribution in [1.29, 1.82) is 5.26 Å². The van der Waals surface area contributed by atoms with Crippen LogP contribution in [0.1, 0.15) is 5.56 Å². The normalized spacial score (nSPS) is 10.9. The summed E-state index contributed by atoms with van der Waals surface area (Å²) in [4.78, 5) is 31.5. The number of aromatic amines is 1. The van der Waals surface area contributed by atoms with E-state index in [0.717, 1.165) is 11.8 Å². The summed E-state index contributed by atoms with van der Waals surface area (Å²) in [7, 11) is -0.893. The van der Waals surface area contributed by atoms with E-state index in [4.69, 9.17) is 14.6 Å². The minimum Gasteiger partial charge on any atom is -0.493 e. The van der Waals surface area contributed by atoms with Crippen LogP contribution in [0.5, 0.6) is 11.5 Å². The maximum Gasteiger partial charge on any atom is 0.270 e. The second-order valence-corrected chi connectivity index (χ2v) is 9.21. The Labute approximate surface area is 199 Å². The molecule has 13 heteroatoms. The van der Waals surface area contributed by atoms with Gasteiger partial charge in [0.25, 0.3) is 5.56 Å². The highest BCUT2D eigenvalue weighted by Gasteiger charge is 2.17. The second kappa shape index (κ2) is 10.4. The Morgan fingerprint density at radius 3 is 2.44 bits per heavy atom. The first-order valence-electron chi connectivity index (χ1n) is 9.48. The number of rotatable bonds is 8. The molecular formula is C21H19N5O6S2. The number of primary sulfonamides is 1. The van der Waals surface area contributed by atoms with Gasteiger partial charge < -0.3 is 19.8 Å². The van der Waals surface area contributed by atoms with E-state index < -0.39 is 21.5 Å². The zero-order valence-electron chi connectivity index (χ0n) is 18.0. The number of amides is 1. The molecule has 0 atom stereocenters. The lowest BCUT2D eigenvalue weighted by molar-refractivity contribution is -0.113. The number of hydrogen-bond donors (Lipinski definition) is 3. The minimum atomic E-state index is -3.84. The average molecular weight is 502 g/mol. The number of carbonyl (C=O) groups is 1. The Bertz CT molecular complexity index is 1430. The number of ether oxygens (including phenoxy) is 2. The van der Waals surface area contributed by atoms with Gasteiger partial charge in [-0.15, -0.1) is 0 Å². The molecule has 0 aliphatic rings. The van der Waals surface area contributed by atoms with Crippen LogP contribution in [0.4, 0.5) is 5.69 Å². The van der Waals surface area contributed by atoms with Gasteiger partial charge in [-0.1, -0.05) is 11.8 Å². The van der Waals surface area contributed by atoms with E-state index in [1.54, 1.807) is 18.2 Å². The van der Waals surface area contributed by atoms with Crippen LogP contribution in [-0.2, 0) is 14.8 Å². The number of nitrogens with two attached hydrogens (primary N) is 1. The van der Waals surface area contributed by atoms with Gasteiger partial charge in [0.1, 0.15) is 11.6 Å². The van der Waals surface area contributed by atoms with Crippen LogP contribution >= 0.6 is 11.8 Å². The van der Waals surface area contributed by atoms with E-state index in [-0.39, 0.29) is 27.1 Å². The Balaban J connectivity index is 1.79. The predicted octanol–water partition coefficient (Wildman–Crippen LogP) is 1.70. The Hall–Kier alpha value is -3.86. The highest BCUT2D eigenvalue weighted by atomic mass is 32.2. The molecule has 0 aliphatic carbocycles. The molecule has 0 unspecified atom stereocenters. The Morgan fingerprint density at radius 1 is 1.18 bits per heavy atom. The monoisotopic (exact) mass is 501 g/mol. The van der Waals surface area contributed by atoms with Crippen LogP contribution in [0, 0.1) is 11.3 Å². The molecule has 3 rings (SSSR count). The molecule has 0 aliphatic heterocycles. The molecule has 1 amide bonds. The topological polar surface area (TPSA) is 177 Å². The van der Waals surface area contributed by atoms with Crippen molar-refractivity contribution in [2.75, 3.05) is 25.3 Å². The fourth-order valence-corrected chi connectivity index (χ4v) is 4.05. The number of nitrogens with zero attached hydrogens (tertiary/aromatic N) is 2. The first kappa shape index (κ1) is 24.8. The van der Waals surface area contributed by atoms with Crippen molar-refractivity contribution in [3.63, 3.8) is 0 Å². The number of H-pyrrole nitrogens is 1. The minimum absolute atomic E-state index is 0.0816. The summed E-state index contributed by atoms with van der Waals surface area (Å²) in [6.45, 7) is 0. The predicted molar refractivity (Wildman–Crippen MR) is 125 cm³/mol. The lowest BCUT2D eigenvalue weighted by atomic mass is 10.1. The summed E-state index contributed by atoms with van der Waals surface area (Å²) < 4.78 is 33.1. The fraction of sp³-hybridized carbons (Fsp3) is 0.143. The fourth-order valence-electron chi connectivity index (χ4n) is 2.88. The maximum absolute atomic E-state index is 12.4. The molecule has 0 spiro atoms. The van der Waals surface area contributed by atoms with Gasteiger partial charge in [0.15, 0.2) is 16.7 Å². The highest BCUT2D eigenvalue weighted by Crippen LogP contribution is 2.32. The molecule has 1 heterocycles. The molecule has 0 radical (unpaired) electrons. The van der Waals surface area contributed by atoms with E-state index in [2.05, 4.69) is 15.3 Å². The van der Waals surface area contributed by atoms with Crippen molar-refractivity contribution in [2.24, 2.45) is 5.14 Å². The first-order valence-corrected chi connectivity index (χ1v) is 12.0. The molecule has 0 saturated carbocycles. The van der Waals surface area contributed by atoms with Crippen LogP contribution in [0.3, 0.4) is 0 Å². The molecule has 34 heavy (non-hydrogen) atoms. The van der Waals surface area contributed by atoms with Crippen LogP contribution in [0.2, 0.25) is 0 Å². The largest absolute Gasteiger partial charge is 0.493 e. The van der Waals surface area contributed by atoms with E-state index in [9.17, 15) is 23.3 Å². The summed E-state index contributed by atoms with van der Waals surface area (Å²) in [6, 6.07) is 12.0. The summed E-state index contributed by atoms with van der Waals surface area (Å²) in [5, 5.41) is 17.2. The number of carbonyl (C=O) groups excluding carboxylic acids is 1. The quantitative estimate of drug-likeness (QED) is 0.306. The Morgan fingerprint density at radius 2 is 1.85 bits per heavy atom. The lowest BCUT2D eigenvalue weighted by Gasteiger charge is -2.11. The summed E-state index contributed by atoms with van der Waals surface area (Å²) in [5.41, 5.74) is 0.125. The number of aromatic nitrogens is 2. The molecule has 4 N–H and O–H groups in total. The summed E-state index contributed by atoms with van der Waals surface area (Å²) in [6.07, 6.45) is 0. The summed E-state index contributed by atoms with van der Waals surface area (Å²) >= 11 is 0.955. The average Bonchev–Trinajstić information content (AvgIpc) is 2.81. The van der Waals surface area contributed by atoms with Gasteiger partial charge >= 0.3 is 0 Å². The zero-order chi connectivity index (χ0) is 24.9. The van der Waals surface area contributed by atoms with Crippen molar-refractivity contribution >= 4 is 33.4 Å². The van der Waals surface area contributed by atoms with Crippen molar-refractivity contribution in [3.05, 3.63) is 58.4 Å². The van der Waals surface area contributed by atoms with Gasteiger partial charge in [0.2, 0.25) is 15.9 Å². The number of methoxy groups -OCH3 is 2. The third kappa shape index (κ3) is 5.73. The van der Waals surface area contributed by atoms with E-state index in [1.807, 2.05) is 6.07 Å². The van der Waals surface area contributed by atoms with Crippen LogP contribution in [-0.4, -0.2) is 44.3 Å². The van der Waals surface area contributed by atoms with Crippen molar-refractivity contribution < 1.29 is 22.7 Å². The molecule has 11 nitrogen and oxygen atoms in total. The maximum atomic E-state index is 12.4. The molecule has 3 aromatic rings. The van der Waals surface area contributed by atoms with Crippen molar-refractivity contribution in [2.45, 2.75) is 10.1 Å².